The maximum atomic E-state index is 13.3. The van der Waals surface area contributed by atoms with Crippen LogP contribution >= 0.6 is 0 Å². The van der Waals surface area contributed by atoms with Crippen LogP contribution < -0.4 is 4.90 Å². The number of benzene rings is 3. The summed E-state index contributed by atoms with van der Waals surface area (Å²) in [6, 6.07) is 24.9. The van der Waals surface area contributed by atoms with Gasteiger partial charge < -0.3 is 4.90 Å². The molecule has 1 heterocycles. The first kappa shape index (κ1) is 19.5. The quantitative estimate of drug-likeness (QED) is 0.485. The van der Waals surface area contributed by atoms with Crippen LogP contribution in [-0.4, -0.2) is 29.8 Å². The molecule has 3 aromatic rings. The Labute approximate surface area is 174 Å². The zero-order chi connectivity index (χ0) is 21.1. The van der Waals surface area contributed by atoms with Gasteiger partial charge in [0.05, 0.1) is 0 Å². The zero-order valence-corrected chi connectivity index (χ0v) is 16.4. The van der Waals surface area contributed by atoms with Gasteiger partial charge in [0.1, 0.15) is 12.5 Å². The van der Waals surface area contributed by atoms with E-state index in [9.17, 15) is 14.4 Å². The van der Waals surface area contributed by atoms with E-state index < -0.39 is 23.6 Å². The van der Waals surface area contributed by atoms with Crippen molar-refractivity contribution in [1.82, 2.24) is 5.06 Å². The van der Waals surface area contributed by atoms with Gasteiger partial charge in [0, 0.05) is 18.3 Å². The zero-order valence-electron chi connectivity index (χ0n) is 16.4. The minimum atomic E-state index is -1.17. The highest BCUT2D eigenvalue weighted by Crippen LogP contribution is 2.32. The van der Waals surface area contributed by atoms with Crippen molar-refractivity contribution in [1.29, 1.82) is 0 Å². The van der Waals surface area contributed by atoms with Gasteiger partial charge in [-0.3, -0.25) is 19.2 Å². The number of carbonyl (C=O) groups is 3. The SMILES string of the molecule is CN(C(=O)C1C(=O)N(OCc2ccccc2)C(=O)c2ccccc21)c1ccccc1. The molecule has 0 N–H and O–H groups in total. The average molecular weight is 400 g/mol. The number of para-hydroxylation sites is 1. The van der Waals surface area contributed by atoms with Gasteiger partial charge in [0.2, 0.25) is 5.91 Å². The Balaban J connectivity index is 1.66. The van der Waals surface area contributed by atoms with E-state index in [4.69, 9.17) is 4.84 Å². The Morgan fingerprint density at radius 1 is 0.900 bits per heavy atom. The van der Waals surface area contributed by atoms with Crippen molar-refractivity contribution in [3.63, 3.8) is 0 Å². The lowest BCUT2D eigenvalue weighted by Gasteiger charge is -2.32. The minimum Gasteiger partial charge on any atom is -0.315 e. The molecule has 0 fully saturated rings. The van der Waals surface area contributed by atoms with Crippen molar-refractivity contribution >= 4 is 23.4 Å². The molecule has 0 aliphatic carbocycles. The number of imide groups is 1. The molecule has 1 atom stereocenters. The summed E-state index contributed by atoms with van der Waals surface area (Å²) in [7, 11) is 1.61. The van der Waals surface area contributed by atoms with Crippen LogP contribution in [0.25, 0.3) is 0 Å². The van der Waals surface area contributed by atoms with Gasteiger partial charge in [-0.25, -0.2) is 0 Å². The number of amides is 3. The highest BCUT2D eigenvalue weighted by molar-refractivity contribution is 6.20. The van der Waals surface area contributed by atoms with Crippen molar-refractivity contribution in [2.45, 2.75) is 12.5 Å². The molecule has 3 amide bonds. The average Bonchev–Trinajstić information content (AvgIpc) is 2.79. The number of likely N-dealkylation sites (N-methyl/N-ethyl adjacent to an activating group) is 1. The smallest absolute Gasteiger partial charge is 0.285 e. The molecule has 0 saturated carbocycles. The fourth-order valence-corrected chi connectivity index (χ4v) is 3.45. The van der Waals surface area contributed by atoms with E-state index in [0.717, 1.165) is 10.6 Å². The molecule has 1 aliphatic heterocycles. The fourth-order valence-electron chi connectivity index (χ4n) is 3.45. The first-order chi connectivity index (χ1) is 14.6. The summed E-state index contributed by atoms with van der Waals surface area (Å²) < 4.78 is 0. The second-order valence-electron chi connectivity index (χ2n) is 6.95. The van der Waals surface area contributed by atoms with Crippen LogP contribution in [0.4, 0.5) is 5.69 Å². The molecule has 1 unspecified atom stereocenters. The molecule has 0 radical (unpaired) electrons. The third-order valence-corrected chi connectivity index (χ3v) is 5.06. The normalized spacial score (nSPS) is 15.6. The topological polar surface area (TPSA) is 66.9 Å². The van der Waals surface area contributed by atoms with Crippen molar-refractivity contribution in [3.05, 3.63) is 102 Å². The molecule has 6 heteroatoms. The van der Waals surface area contributed by atoms with Gasteiger partial charge in [0.25, 0.3) is 11.8 Å². The summed E-state index contributed by atoms with van der Waals surface area (Å²) in [6.45, 7) is 0.0376. The monoisotopic (exact) mass is 400 g/mol. The van der Waals surface area contributed by atoms with E-state index in [1.54, 1.807) is 43.4 Å². The van der Waals surface area contributed by atoms with Gasteiger partial charge in [-0.05, 0) is 29.3 Å². The number of anilines is 1. The highest BCUT2D eigenvalue weighted by Gasteiger charge is 2.44. The second kappa shape index (κ2) is 8.31. The lowest BCUT2D eigenvalue weighted by Crippen LogP contribution is -2.49. The number of fused-ring (bicyclic) bond motifs is 1. The summed E-state index contributed by atoms with van der Waals surface area (Å²) >= 11 is 0. The van der Waals surface area contributed by atoms with Crippen molar-refractivity contribution in [2.24, 2.45) is 0 Å². The van der Waals surface area contributed by atoms with Crippen LogP contribution in [0, 0.1) is 0 Å². The van der Waals surface area contributed by atoms with E-state index in [0.29, 0.717) is 11.3 Å². The van der Waals surface area contributed by atoms with Crippen LogP contribution in [0.15, 0.2) is 84.9 Å². The van der Waals surface area contributed by atoms with Crippen LogP contribution in [0.3, 0.4) is 0 Å². The number of hydrogen-bond acceptors (Lipinski definition) is 4. The maximum absolute atomic E-state index is 13.3. The van der Waals surface area contributed by atoms with Crippen LogP contribution in [0.1, 0.15) is 27.4 Å². The van der Waals surface area contributed by atoms with E-state index in [1.165, 1.54) is 4.90 Å². The Bertz CT molecular complexity index is 1080. The Hall–Kier alpha value is -3.77. The molecule has 4 rings (SSSR count). The number of hydrogen-bond donors (Lipinski definition) is 0. The predicted molar refractivity (Wildman–Crippen MR) is 111 cm³/mol. The fraction of sp³-hybridized carbons (Fsp3) is 0.125. The lowest BCUT2D eigenvalue weighted by atomic mass is 9.88. The third kappa shape index (κ3) is 3.60. The summed E-state index contributed by atoms with van der Waals surface area (Å²) in [6.07, 6.45) is 0. The third-order valence-electron chi connectivity index (χ3n) is 5.06. The molecular weight excluding hydrogens is 380 g/mol. The largest absolute Gasteiger partial charge is 0.315 e. The predicted octanol–water partition coefficient (Wildman–Crippen LogP) is 3.55. The molecule has 0 spiro atoms. The van der Waals surface area contributed by atoms with Gasteiger partial charge in [-0.1, -0.05) is 66.7 Å². The van der Waals surface area contributed by atoms with E-state index in [2.05, 4.69) is 0 Å². The summed E-state index contributed by atoms with van der Waals surface area (Å²) in [5.74, 6) is -2.86. The lowest BCUT2D eigenvalue weighted by molar-refractivity contribution is -0.177. The first-order valence-corrected chi connectivity index (χ1v) is 9.54. The first-order valence-electron chi connectivity index (χ1n) is 9.54. The molecule has 30 heavy (non-hydrogen) atoms. The molecular formula is C24H20N2O4. The molecule has 0 saturated heterocycles. The van der Waals surface area contributed by atoms with Gasteiger partial charge >= 0.3 is 0 Å². The van der Waals surface area contributed by atoms with E-state index in [1.807, 2.05) is 48.5 Å². The van der Waals surface area contributed by atoms with Gasteiger partial charge in [0.15, 0.2) is 0 Å². The van der Waals surface area contributed by atoms with Crippen molar-refractivity contribution in [2.75, 3.05) is 11.9 Å². The number of hydroxylamine groups is 2. The maximum Gasteiger partial charge on any atom is 0.285 e. The van der Waals surface area contributed by atoms with Crippen molar-refractivity contribution < 1.29 is 19.2 Å². The number of carbonyl (C=O) groups excluding carboxylic acids is 3. The molecule has 1 aliphatic rings. The summed E-state index contributed by atoms with van der Waals surface area (Å²) in [4.78, 5) is 46.5. The van der Waals surface area contributed by atoms with Crippen molar-refractivity contribution in [3.8, 4) is 0 Å². The van der Waals surface area contributed by atoms with Gasteiger partial charge in [-0.2, -0.15) is 0 Å². The van der Waals surface area contributed by atoms with Crippen LogP contribution in [-0.2, 0) is 21.0 Å². The Kier molecular flexibility index (Phi) is 5.41. The molecule has 0 bridgehead atoms. The molecule has 0 aromatic heterocycles. The van der Waals surface area contributed by atoms with Gasteiger partial charge in [-0.15, -0.1) is 5.06 Å². The molecule has 6 nitrogen and oxygen atoms in total. The van der Waals surface area contributed by atoms with E-state index in [-0.39, 0.29) is 12.2 Å². The summed E-state index contributed by atoms with van der Waals surface area (Å²) in [5, 5.41) is 0.719. The molecule has 3 aromatic carbocycles. The van der Waals surface area contributed by atoms with E-state index >= 15 is 0 Å². The highest BCUT2D eigenvalue weighted by atomic mass is 16.7. The number of rotatable bonds is 5. The van der Waals surface area contributed by atoms with Crippen LogP contribution in [0.2, 0.25) is 0 Å². The standard InChI is InChI=1S/C24H20N2O4/c1-25(18-12-6-3-7-13-18)23(28)21-19-14-8-9-15-20(19)22(27)26(24(21)29)30-16-17-10-4-2-5-11-17/h2-15,21H,16H2,1H3. The minimum absolute atomic E-state index is 0.0376. The Morgan fingerprint density at radius 2 is 1.50 bits per heavy atom. The Morgan fingerprint density at radius 3 is 2.20 bits per heavy atom. The second-order valence-corrected chi connectivity index (χ2v) is 6.95. The summed E-state index contributed by atoms with van der Waals surface area (Å²) in [5.41, 5.74) is 2.13. The van der Waals surface area contributed by atoms with Crippen LogP contribution in [0.5, 0.6) is 0 Å². The molecule has 150 valence electrons. The number of nitrogens with zero attached hydrogens (tertiary/aromatic N) is 2.